The lowest BCUT2D eigenvalue weighted by Crippen LogP contribution is -2.23. The number of hydrogen-bond donors (Lipinski definition) is 1. The van der Waals surface area contributed by atoms with E-state index in [2.05, 4.69) is 4.98 Å². The van der Waals surface area contributed by atoms with Gasteiger partial charge in [-0.05, 0) is 19.1 Å². The summed E-state index contributed by atoms with van der Waals surface area (Å²) in [6, 6.07) is 5.58. The summed E-state index contributed by atoms with van der Waals surface area (Å²) in [6.07, 6.45) is -0.278. The number of nitrogens with two attached hydrogens (primary N) is 1. The van der Waals surface area contributed by atoms with Crippen molar-refractivity contribution < 1.29 is 14.3 Å². The fraction of sp³-hybridized carbons (Fsp3) is 0.500. The molecule has 0 saturated heterocycles. The van der Waals surface area contributed by atoms with E-state index in [9.17, 15) is 4.79 Å². The van der Waals surface area contributed by atoms with Gasteiger partial charge in [0.05, 0.1) is 17.8 Å². The van der Waals surface area contributed by atoms with E-state index in [1.54, 1.807) is 14.0 Å². The van der Waals surface area contributed by atoms with Gasteiger partial charge in [-0.2, -0.15) is 0 Å². The monoisotopic (exact) mass is 305 g/mol. The number of para-hydroxylation sites is 1. The number of hydrogen-bond acceptors (Lipinski definition) is 5. The van der Waals surface area contributed by atoms with E-state index in [0.717, 1.165) is 16.9 Å². The lowest BCUT2D eigenvalue weighted by molar-refractivity contribution is -0.151. The Hall–Kier alpha value is -2.08. The minimum atomic E-state index is -0.312. The summed E-state index contributed by atoms with van der Waals surface area (Å²) in [4.78, 5) is 16.7. The number of ether oxygens (including phenoxy) is 2. The minimum Gasteiger partial charge on any atom is -0.459 e. The number of imidazole rings is 1. The standard InChI is InChI=1S/C16H23N3O3/c1-10(2)16-18-15-12(17)6-5-7-13(15)19(16)8-14(20)22-11(3)9-21-4/h5-7,10-11H,8-9,17H2,1-4H3. The number of aromatic nitrogens is 2. The summed E-state index contributed by atoms with van der Waals surface area (Å²) >= 11 is 0. The van der Waals surface area contributed by atoms with E-state index in [1.165, 1.54) is 0 Å². The van der Waals surface area contributed by atoms with Gasteiger partial charge in [-0.1, -0.05) is 19.9 Å². The molecule has 6 heteroatoms. The van der Waals surface area contributed by atoms with Crippen molar-refractivity contribution in [1.82, 2.24) is 9.55 Å². The molecule has 0 aliphatic heterocycles. The van der Waals surface area contributed by atoms with Crippen LogP contribution in [0, 0.1) is 0 Å². The van der Waals surface area contributed by atoms with Crippen molar-refractivity contribution >= 4 is 22.7 Å². The molecular formula is C16H23N3O3. The molecule has 1 aromatic heterocycles. The molecule has 6 nitrogen and oxygen atoms in total. The third kappa shape index (κ3) is 3.39. The van der Waals surface area contributed by atoms with E-state index in [4.69, 9.17) is 15.2 Å². The van der Waals surface area contributed by atoms with E-state index in [-0.39, 0.29) is 24.5 Å². The van der Waals surface area contributed by atoms with Crippen LogP contribution in [0.4, 0.5) is 5.69 Å². The number of anilines is 1. The zero-order chi connectivity index (χ0) is 16.3. The molecule has 2 rings (SSSR count). The summed E-state index contributed by atoms with van der Waals surface area (Å²) in [5, 5.41) is 0. The Morgan fingerprint density at radius 1 is 1.36 bits per heavy atom. The maximum atomic E-state index is 12.1. The van der Waals surface area contributed by atoms with Crippen molar-refractivity contribution in [3.63, 3.8) is 0 Å². The number of carbonyl (C=O) groups is 1. The number of fused-ring (bicyclic) bond motifs is 1. The van der Waals surface area contributed by atoms with Crippen LogP contribution in [0.15, 0.2) is 18.2 Å². The van der Waals surface area contributed by atoms with Crippen LogP contribution < -0.4 is 5.73 Å². The Labute approximate surface area is 130 Å². The molecule has 22 heavy (non-hydrogen) atoms. The molecule has 1 unspecified atom stereocenters. The quantitative estimate of drug-likeness (QED) is 0.654. The van der Waals surface area contributed by atoms with Crippen LogP contribution in [0.1, 0.15) is 32.5 Å². The summed E-state index contributed by atoms with van der Waals surface area (Å²) in [5.74, 6) is 0.688. The lowest BCUT2D eigenvalue weighted by Gasteiger charge is -2.14. The van der Waals surface area contributed by atoms with Crippen LogP contribution in [0.25, 0.3) is 11.0 Å². The Balaban J connectivity index is 2.31. The molecule has 1 heterocycles. The van der Waals surface area contributed by atoms with Gasteiger partial charge in [-0.15, -0.1) is 0 Å². The molecule has 2 aromatic rings. The van der Waals surface area contributed by atoms with E-state index < -0.39 is 0 Å². The molecule has 0 radical (unpaired) electrons. The van der Waals surface area contributed by atoms with Crippen LogP contribution in [0.3, 0.4) is 0 Å². The summed E-state index contributed by atoms with van der Waals surface area (Å²) in [5.41, 5.74) is 8.16. The lowest BCUT2D eigenvalue weighted by atomic mass is 10.2. The third-order valence-corrected chi connectivity index (χ3v) is 3.38. The first-order valence-electron chi connectivity index (χ1n) is 7.37. The Kier molecular flexibility index (Phi) is 5.03. The number of esters is 1. The zero-order valence-electron chi connectivity index (χ0n) is 13.5. The number of carbonyl (C=O) groups excluding carboxylic acids is 1. The molecular weight excluding hydrogens is 282 g/mol. The molecule has 0 fully saturated rings. The van der Waals surface area contributed by atoms with Gasteiger partial charge in [0.2, 0.25) is 0 Å². The minimum absolute atomic E-state index is 0.113. The number of nitrogen functional groups attached to an aromatic ring is 1. The molecule has 1 aromatic carbocycles. The Morgan fingerprint density at radius 2 is 2.09 bits per heavy atom. The van der Waals surface area contributed by atoms with Gasteiger partial charge in [0.15, 0.2) is 0 Å². The SMILES string of the molecule is COCC(C)OC(=O)Cn1c(C(C)C)nc2c(N)cccc21. The second-order valence-electron chi connectivity index (χ2n) is 5.68. The van der Waals surface area contributed by atoms with E-state index >= 15 is 0 Å². The average Bonchev–Trinajstić information content (AvgIpc) is 2.79. The van der Waals surface area contributed by atoms with Crippen molar-refractivity contribution in [2.75, 3.05) is 19.5 Å². The average molecular weight is 305 g/mol. The maximum Gasteiger partial charge on any atom is 0.326 e. The Morgan fingerprint density at radius 3 is 2.73 bits per heavy atom. The highest BCUT2D eigenvalue weighted by Crippen LogP contribution is 2.25. The maximum absolute atomic E-state index is 12.1. The van der Waals surface area contributed by atoms with Gasteiger partial charge in [-0.3, -0.25) is 4.79 Å². The largest absolute Gasteiger partial charge is 0.459 e. The number of rotatable bonds is 6. The molecule has 0 saturated carbocycles. The number of benzene rings is 1. The number of nitrogens with zero attached hydrogens (tertiary/aromatic N) is 2. The molecule has 1 atom stereocenters. The smallest absolute Gasteiger partial charge is 0.326 e. The van der Waals surface area contributed by atoms with E-state index in [0.29, 0.717) is 12.3 Å². The van der Waals surface area contributed by atoms with Crippen molar-refractivity contribution in [2.45, 2.75) is 39.3 Å². The zero-order valence-corrected chi connectivity index (χ0v) is 13.5. The molecule has 0 bridgehead atoms. The van der Waals surface area contributed by atoms with Crippen LogP contribution in [-0.2, 0) is 20.8 Å². The van der Waals surface area contributed by atoms with Crippen LogP contribution in [0.5, 0.6) is 0 Å². The van der Waals surface area contributed by atoms with Gasteiger partial charge in [-0.25, -0.2) is 4.98 Å². The summed E-state index contributed by atoms with van der Waals surface area (Å²) < 4.78 is 12.2. The first kappa shape index (κ1) is 16.3. The van der Waals surface area contributed by atoms with Gasteiger partial charge >= 0.3 is 5.97 Å². The van der Waals surface area contributed by atoms with Crippen molar-refractivity contribution in [2.24, 2.45) is 0 Å². The third-order valence-electron chi connectivity index (χ3n) is 3.38. The molecule has 120 valence electrons. The fourth-order valence-electron chi connectivity index (χ4n) is 2.45. The highest BCUT2D eigenvalue weighted by molar-refractivity contribution is 5.88. The van der Waals surface area contributed by atoms with Crippen molar-refractivity contribution in [3.8, 4) is 0 Å². The van der Waals surface area contributed by atoms with Gasteiger partial charge in [0, 0.05) is 13.0 Å². The predicted octanol–water partition coefficient (Wildman–Crippen LogP) is 2.32. The molecule has 0 aliphatic carbocycles. The second kappa shape index (κ2) is 6.79. The predicted molar refractivity (Wildman–Crippen MR) is 85.7 cm³/mol. The van der Waals surface area contributed by atoms with Crippen LogP contribution in [0.2, 0.25) is 0 Å². The molecule has 2 N–H and O–H groups in total. The van der Waals surface area contributed by atoms with Gasteiger partial charge in [0.25, 0.3) is 0 Å². The summed E-state index contributed by atoms with van der Waals surface area (Å²) in [7, 11) is 1.58. The normalized spacial score (nSPS) is 12.8. The van der Waals surface area contributed by atoms with E-state index in [1.807, 2.05) is 36.6 Å². The second-order valence-corrected chi connectivity index (χ2v) is 5.68. The summed E-state index contributed by atoms with van der Waals surface area (Å²) in [6.45, 7) is 6.36. The van der Waals surface area contributed by atoms with Crippen LogP contribution >= 0.6 is 0 Å². The molecule has 0 aliphatic rings. The first-order valence-corrected chi connectivity index (χ1v) is 7.37. The van der Waals surface area contributed by atoms with Crippen molar-refractivity contribution in [3.05, 3.63) is 24.0 Å². The molecule has 0 amide bonds. The molecule has 0 spiro atoms. The highest BCUT2D eigenvalue weighted by atomic mass is 16.6. The highest BCUT2D eigenvalue weighted by Gasteiger charge is 2.19. The Bertz CT molecular complexity index is 664. The van der Waals surface area contributed by atoms with Gasteiger partial charge in [0.1, 0.15) is 24.0 Å². The van der Waals surface area contributed by atoms with Crippen LogP contribution in [-0.4, -0.2) is 35.3 Å². The topological polar surface area (TPSA) is 79.4 Å². The van der Waals surface area contributed by atoms with Crippen molar-refractivity contribution in [1.29, 1.82) is 0 Å². The first-order chi connectivity index (χ1) is 10.4. The fourth-order valence-corrected chi connectivity index (χ4v) is 2.45. The number of methoxy groups -OCH3 is 1. The van der Waals surface area contributed by atoms with Gasteiger partial charge < -0.3 is 19.8 Å².